The third-order valence-corrected chi connectivity index (χ3v) is 2.13. The molecule has 60 valence electrons. The molecule has 0 aromatic rings. The number of allylic oxidation sites excluding steroid dienone is 3. The maximum atomic E-state index is 10.6. The van der Waals surface area contributed by atoms with Crippen LogP contribution in [0.4, 0.5) is 0 Å². The lowest BCUT2D eigenvalue weighted by Gasteiger charge is -2.02. The van der Waals surface area contributed by atoms with Crippen molar-refractivity contribution < 1.29 is 9.35 Å². The van der Waals surface area contributed by atoms with Crippen molar-refractivity contribution in [3.05, 3.63) is 23.1 Å². The van der Waals surface area contributed by atoms with Gasteiger partial charge >= 0.3 is 0 Å². The summed E-state index contributed by atoms with van der Waals surface area (Å²) in [7, 11) is -0.719. The summed E-state index contributed by atoms with van der Waals surface area (Å²) in [6.07, 6.45) is 4.05. The predicted octanol–water partition coefficient (Wildman–Crippen LogP) is 1.96. The van der Waals surface area contributed by atoms with E-state index in [1.807, 2.05) is 0 Å². The van der Waals surface area contributed by atoms with E-state index in [1.54, 1.807) is 29.9 Å². The van der Waals surface area contributed by atoms with Crippen molar-refractivity contribution in [2.45, 2.75) is 13.3 Å². The fourth-order valence-electron chi connectivity index (χ4n) is 0.820. The van der Waals surface area contributed by atoms with E-state index in [-0.39, 0.29) is 5.78 Å². The maximum Gasteiger partial charge on any atom is 0.134 e. The topological polar surface area (TPSA) is 37.3 Å². The van der Waals surface area contributed by atoms with Gasteiger partial charge in [-0.25, -0.2) is 0 Å². The molecule has 1 heterocycles. The van der Waals surface area contributed by atoms with E-state index in [1.165, 1.54) is 0 Å². The number of hydrogen-bond acceptors (Lipinski definition) is 2. The Balaban J connectivity index is 2.65. The van der Waals surface area contributed by atoms with E-state index >= 15 is 0 Å². The van der Waals surface area contributed by atoms with Crippen molar-refractivity contribution in [3.8, 4) is 0 Å². The van der Waals surface area contributed by atoms with Gasteiger partial charge in [-0.05, 0) is 34.0 Å². The molecule has 1 N–H and O–H groups in total. The van der Waals surface area contributed by atoms with Crippen molar-refractivity contribution in [3.63, 3.8) is 0 Å². The zero-order valence-corrected chi connectivity index (χ0v) is 7.10. The molecule has 0 radical (unpaired) electrons. The molecule has 0 spiro atoms. The van der Waals surface area contributed by atoms with Gasteiger partial charge < -0.3 is 4.55 Å². The summed E-state index contributed by atoms with van der Waals surface area (Å²) in [6, 6.07) is 0. The number of rotatable bonds is 2. The zero-order chi connectivity index (χ0) is 8.27. The predicted molar refractivity (Wildman–Crippen MR) is 48.8 cm³/mol. The zero-order valence-electron chi connectivity index (χ0n) is 6.28. The Bertz CT molecular complexity index is 261. The second-order valence-electron chi connectivity index (χ2n) is 2.41. The van der Waals surface area contributed by atoms with Crippen LogP contribution in [0, 0.1) is 0 Å². The minimum absolute atomic E-state index is 0.147. The molecule has 0 saturated carbocycles. The molecular formula is C8H10O2S. The van der Waals surface area contributed by atoms with Crippen molar-refractivity contribution in [1.82, 2.24) is 0 Å². The summed E-state index contributed by atoms with van der Waals surface area (Å²) in [5.74, 6) is 0.147. The highest BCUT2D eigenvalue weighted by Gasteiger charge is 1.99. The van der Waals surface area contributed by atoms with Crippen LogP contribution in [0.5, 0.6) is 0 Å². The standard InChI is InChI=1S/C8H10O2S/c1-7(9)6-8-2-4-11(10)5-3-8/h2-5,10H,6H2,1H3. The monoisotopic (exact) mass is 170 g/mol. The third kappa shape index (κ3) is 2.82. The summed E-state index contributed by atoms with van der Waals surface area (Å²) in [5.41, 5.74) is 0.968. The Morgan fingerprint density at radius 3 is 2.91 bits per heavy atom. The minimum atomic E-state index is -0.719. The van der Waals surface area contributed by atoms with Gasteiger partial charge in [0.1, 0.15) is 5.78 Å². The van der Waals surface area contributed by atoms with E-state index in [0.717, 1.165) is 5.57 Å². The SMILES string of the molecule is CC(=O)CC1=CC=S(O)C=C1. The van der Waals surface area contributed by atoms with Crippen LogP contribution in [0.25, 0.3) is 0 Å². The smallest absolute Gasteiger partial charge is 0.134 e. The van der Waals surface area contributed by atoms with Gasteiger partial charge in [0.2, 0.25) is 0 Å². The average molecular weight is 170 g/mol. The molecule has 1 unspecified atom stereocenters. The molecule has 0 amide bonds. The van der Waals surface area contributed by atoms with Gasteiger partial charge in [-0.2, -0.15) is 0 Å². The summed E-state index contributed by atoms with van der Waals surface area (Å²) in [6.45, 7) is 1.56. The van der Waals surface area contributed by atoms with Crippen LogP contribution < -0.4 is 0 Å². The molecule has 0 saturated heterocycles. The molecule has 1 atom stereocenters. The van der Waals surface area contributed by atoms with E-state index in [0.29, 0.717) is 6.42 Å². The molecule has 1 aliphatic rings. The summed E-state index contributed by atoms with van der Waals surface area (Å²) in [5, 5.41) is 3.39. The lowest BCUT2D eigenvalue weighted by Crippen LogP contribution is -1.93. The fraction of sp³-hybridized carbons (Fsp3) is 0.250. The molecule has 1 aliphatic heterocycles. The fourth-order valence-corrected chi connectivity index (χ4v) is 1.54. The van der Waals surface area contributed by atoms with E-state index < -0.39 is 10.8 Å². The first-order valence-corrected chi connectivity index (χ1v) is 4.62. The molecule has 11 heavy (non-hydrogen) atoms. The van der Waals surface area contributed by atoms with Gasteiger partial charge in [0.25, 0.3) is 0 Å². The van der Waals surface area contributed by atoms with Crippen LogP contribution in [-0.2, 0) is 4.79 Å². The summed E-state index contributed by atoms with van der Waals surface area (Å²) in [4.78, 5) is 10.6. The molecule has 0 aliphatic carbocycles. The van der Waals surface area contributed by atoms with Crippen molar-refractivity contribution >= 4 is 21.9 Å². The van der Waals surface area contributed by atoms with Gasteiger partial charge in [0, 0.05) is 6.42 Å². The maximum absolute atomic E-state index is 10.6. The summed E-state index contributed by atoms with van der Waals surface area (Å²) >= 11 is 0. The first-order valence-electron chi connectivity index (χ1n) is 3.31. The van der Waals surface area contributed by atoms with Crippen LogP contribution in [0.15, 0.2) is 23.1 Å². The Labute approximate surface area is 68.4 Å². The van der Waals surface area contributed by atoms with Crippen LogP contribution in [-0.4, -0.2) is 15.7 Å². The number of hydrogen-bond donors (Lipinski definition) is 1. The van der Waals surface area contributed by atoms with Crippen LogP contribution in [0.3, 0.4) is 0 Å². The average Bonchev–Trinajstić information content (AvgIpc) is 1.93. The first kappa shape index (κ1) is 8.43. The Morgan fingerprint density at radius 1 is 1.73 bits per heavy atom. The molecule has 0 fully saturated rings. The number of Topliss-reactive ketones (excluding diaryl/α,β-unsaturated/α-hetero) is 1. The van der Waals surface area contributed by atoms with Gasteiger partial charge in [0.05, 0.1) is 0 Å². The molecule has 2 nitrogen and oxygen atoms in total. The number of ketones is 1. The number of carbonyl (C=O) groups is 1. The molecule has 0 aromatic carbocycles. The third-order valence-electron chi connectivity index (χ3n) is 1.30. The Kier molecular flexibility index (Phi) is 2.79. The normalized spacial score (nSPS) is 22.4. The number of carbonyl (C=O) groups excluding carboxylic acids is 1. The quantitative estimate of drug-likeness (QED) is 0.643. The van der Waals surface area contributed by atoms with E-state index in [9.17, 15) is 4.79 Å². The lowest BCUT2D eigenvalue weighted by molar-refractivity contribution is -0.116. The highest BCUT2D eigenvalue weighted by molar-refractivity contribution is 8.12. The molecule has 1 rings (SSSR count). The second-order valence-corrected chi connectivity index (χ2v) is 3.64. The van der Waals surface area contributed by atoms with E-state index in [2.05, 4.69) is 0 Å². The summed E-state index contributed by atoms with van der Waals surface area (Å²) < 4.78 is 9.02. The minimum Gasteiger partial charge on any atom is -0.333 e. The van der Waals surface area contributed by atoms with Crippen molar-refractivity contribution in [2.75, 3.05) is 0 Å². The highest BCUT2D eigenvalue weighted by atomic mass is 32.2. The first-order chi connectivity index (χ1) is 5.18. The van der Waals surface area contributed by atoms with Gasteiger partial charge in [-0.3, -0.25) is 4.79 Å². The lowest BCUT2D eigenvalue weighted by atomic mass is 10.1. The highest BCUT2D eigenvalue weighted by Crippen LogP contribution is 2.16. The Hall–Kier alpha value is -0.670. The molecule has 3 heteroatoms. The van der Waals surface area contributed by atoms with Crippen LogP contribution in [0.2, 0.25) is 0 Å². The van der Waals surface area contributed by atoms with Crippen molar-refractivity contribution in [1.29, 1.82) is 0 Å². The second kappa shape index (κ2) is 3.64. The van der Waals surface area contributed by atoms with Crippen LogP contribution in [0.1, 0.15) is 13.3 Å². The van der Waals surface area contributed by atoms with Crippen LogP contribution >= 0.6 is 10.8 Å². The largest absolute Gasteiger partial charge is 0.333 e. The molecule has 0 bridgehead atoms. The molecular weight excluding hydrogens is 160 g/mol. The molecule has 0 aromatic heterocycles. The van der Waals surface area contributed by atoms with Gasteiger partial charge in [-0.1, -0.05) is 12.2 Å². The van der Waals surface area contributed by atoms with Gasteiger partial charge in [0.15, 0.2) is 0 Å². The Morgan fingerprint density at radius 2 is 2.45 bits per heavy atom. The van der Waals surface area contributed by atoms with Crippen molar-refractivity contribution in [2.24, 2.45) is 0 Å². The van der Waals surface area contributed by atoms with Gasteiger partial charge in [-0.15, -0.1) is 0 Å². The van der Waals surface area contributed by atoms with E-state index in [4.69, 9.17) is 4.55 Å².